The van der Waals surface area contributed by atoms with Crippen molar-refractivity contribution in [3.63, 3.8) is 0 Å². The van der Waals surface area contributed by atoms with Crippen LogP contribution in [0.25, 0.3) is 10.2 Å². The van der Waals surface area contributed by atoms with Crippen molar-refractivity contribution in [3.05, 3.63) is 77.9 Å². The monoisotopic (exact) mass is 483 g/mol. The van der Waals surface area contributed by atoms with Gasteiger partial charge in [0.2, 0.25) is 5.91 Å². The predicted octanol–water partition coefficient (Wildman–Crippen LogP) is 5.44. The summed E-state index contributed by atoms with van der Waals surface area (Å²) in [7, 11) is -3.66. The molecule has 2 N–H and O–H groups in total. The summed E-state index contributed by atoms with van der Waals surface area (Å²) >= 11 is 2.78. The molecule has 9 heteroatoms. The minimum Gasteiger partial charge on any atom is -0.325 e. The molecular weight excluding hydrogens is 462 g/mol. The number of aromatic nitrogens is 1. The SMILES string of the molecule is Cc1cc(C)cc(NC(=O)CSc2nc3ccc(NS(=O)(=O)c4ccccc4)cc3s2)c1. The van der Waals surface area contributed by atoms with Crippen LogP contribution in [0, 0.1) is 13.8 Å². The Morgan fingerprint density at radius 3 is 2.41 bits per heavy atom. The van der Waals surface area contributed by atoms with Crippen LogP contribution in [0.1, 0.15) is 11.1 Å². The predicted molar refractivity (Wildman–Crippen MR) is 132 cm³/mol. The van der Waals surface area contributed by atoms with Gasteiger partial charge in [0, 0.05) is 5.69 Å². The van der Waals surface area contributed by atoms with Gasteiger partial charge in [-0.3, -0.25) is 9.52 Å². The third-order valence-corrected chi connectivity index (χ3v) is 8.07. The first kappa shape index (κ1) is 22.3. The maximum atomic E-state index is 12.5. The molecule has 164 valence electrons. The van der Waals surface area contributed by atoms with Gasteiger partial charge >= 0.3 is 0 Å². The first-order valence-corrected chi connectivity index (χ1v) is 13.1. The van der Waals surface area contributed by atoms with E-state index in [1.54, 1.807) is 48.5 Å². The van der Waals surface area contributed by atoms with Gasteiger partial charge in [-0.15, -0.1) is 11.3 Å². The number of sulfonamides is 1. The number of hydrogen-bond donors (Lipinski definition) is 2. The van der Waals surface area contributed by atoms with Crippen LogP contribution in [0.15, 0.2) is 76.0 Å². The Kier molecular flexibility index (Phi) is 6.50. The summed E-state index contributed by atoms with van der Waals surface area (Å²) in [6, 6.07) is 19.4. The average molecular weight is 484 g/mol. The third-order valence-electron chi connectivity index (χ3n) is 4.51. The molecule has 0 saturated heterocycles. The normalized spacial score (nSPS) is 11.4. The molecule has 4 aromatic rings. The topological polar surface area (TPSA) is 88.2 Å². The zero-order valence-corrected chi connectivity index (χ0v) is 19.9. The number of nitrogens with zero attached hydrogens (tertiary/aromatic N) is 1. The van der Waals surface area contributed by atoms with E-state index in [9.17, 15) is 13.2 Å². The zero-order valence-electron chi connectivity index (χ0n) is 17.5. The lowest BCUT2D eigenvalue weighted by molar-refractivity contribution is -0.113. The molecular formula is C23H21N3O3S3. The highest BCUT2D eigenvalue weighted by molar-refractivity contribution is 8.01. The van der Waals surface area contributed by atoms with E-state index in [4.69, 9.17) is 0 Å². The van der Waals surface area contributed by atoms with E-state index >= 15 is 0 Å². The van der Waals surface area contributed by atoms with Crippen molar-refractivity contribution < 1.29 is 13.2 Å². The molecule has 4 rings (SSSR count). The van der Waals surface area contributed by atoms with Crippen molar-refractivity contribution in [2.45, 2.75) is 23.1 Å². The highest BCUT2D eigenvalue weighted by Gasteiger charge is 2.15. The number of anilines is 2. The van der Waals surface area contributed by atoms with Gasteiger partial charge in [0.1, 0.15) is 0 Å². The summed E-state index contributed by atoms with van der Waals surface area (Å²) in [5.41, 5.74) is 4.20. The van der Waals surface area contributed by atoms with E-state index in [-0.39, 0.29) is 16.6 Å². The maximum absolute atomic E-state index is 12.5. The zero-order chi connectivity index (χ0) is 22.7. The quantitative estimate of drug-likeness (QED) is 0.342. The van der Waals surface area contributed by atoms with E-state index in [0.29, 0.717) is 5.69 Å². The van der Waals surface area contributed by atoms with Gasteiger partial charge < -0.3 is 5.32 Å². The maximum Gasteiger partial charge on any atom is 0.261 e. The van der Waals surface area contributed by atoms with Crippen LogP contribution in [-0.2, 0) is 14.8 Å². The molecule has 0 aliphatic heterocycles. The molecule has 0 spiro atoms. The molecule has 0 saturated carbocycles. The Morgan fingerprint density at radius 2 is 1.69 bits per heavy atom. The number of carbonyl (C=O) groups excluding carboxylic acids is 1. The molecule has 0 bridgehead atoms. The minimum absolute atomic E-state index is 0.101. The van der Waals surface area contributed by atoms with Crippen molar-refractivity contribution in [1.82, 2.24) is 4.98 Å². The summed E-state index contributed by atoms with van der Waals surface area (Å²) in [6.45, 7) is 3.99. The van der Waals surface area contributed by atoms with Crippen LogP contribution < -0.4 is 10.0 Å². The largest absolute Gasteiger partial charge is 0.325 e. The van der Waals surface area contributed by atoms with E-state index in [0.717, 1.165) is 31.4 Å². The number of carbonyl (C=O) groups is 1. The number of aryl methyl sites for hydroxylation is 2. The van der Waals surface area contributed by atoms with E-state index in [1.807, 2.05) is 26.0 Å². The van der Waals surface area contributed by atoms with E-state index in [2.05, 4.69) is 21.1 Å². The van der Waals surface area contributed by atoms with Crippen LogP contribution in [0.2, 0.25) is 0 Å². The summed E-state index contributed by atoms with van der Waals surface area (Å²) < 4.78 is 29.3. The van der Waals surface area contributed by atoms with Gasteiger partial charge in [0.05, 0.1) is 26.6 Å². The minimum atomic E-state index is -3.66. The van der Waals surface area contributed by atoms with E-state index < -0.39 is 10.0 Å². The molecule has 1 heterocycles. The fourth-order valence-corrected chi connectivity index (χ4v) is 6.19. The lowest BCUT2D eigenvalue weighted by Gasteiger charge is -2.07. The Balaban J connectivity index is 1.42. The van der Waals surface area contributed by atoms with Gasteiger partial charge in [-0.25, -0.2) is 13.4 Å². The lowest BCUT2D eigenvalue weighted by atomic mass is 10.1. The molecule has 0 radical (unpaired) electrons. The Hall–Kier alpha value is -2.88. The fourth-order valence-electron chi connectivity index (χ4n) is 3.21. The lowest BCUT2D eigenvalue weighted by Crippen LogP contribution is -2.14. The number of thioether (sulfide) groups is 1. The number of rotatable bonds is 7. The first-order valence-electron chi connectivity index (χ1n) is 9.78. The molecule has 6 nitrogen and oxygen atoms in total. The van der Waals surface area contributed by atoms with Crippen LogP contribution in [0.4, 0.5) is 11.4 Å². The van der Waals surface area contributed by atoms with Gasteiger partial charge in [0.15, 0.2) is 4.34 Å². The van der Waals surface area contributed by atoms with Crippen LogP contribution in [-0.4, -0.2) is 25.1 Å². The molecule has 3 aromatic carbocycles. The molecule has 1 aromatic heterocycles. The number of thiazole rings is 1. The highest BCUT2D eigenvalue weighted by atomic mass is 32.2. The molecule has 0 aliphatic rings. The Morgan fingerprint density at radius 1 is 0.969 bits per heavy atom. The summed E-state index contributed by atoms with van der Waals surface area (Å²) in [4.78, 5) is 17.1. The Labute approximate surface area is 195 Å². The summed E-state index contributed by atoms with van der Waals surface area (Å²) in [5.74, 6) is 0.135. The molecule has 0 aliphatic carbocycles. The molecule has 1 amide bonds. The van der Waals surface area contributed by atoms with Crippen LogP contribution in [0.3, 0.4) is 0 Å². The van der Waals surface area contributed by atoms with Crippen LogP contribution >= 0.6 is 23.1 Å². The first-order chi connectivity index (χ1) is 15.3. The standard InChI is InChI=1S/C23H21N3O3S3/c1-15-10-16(2)12-18(11-15)24-22(27)14-30-23-25-20-9-8-17(13-21(20)31-23)26-32(28,29)19-6-4-3-5-7-19/h3-13,26H,14H2,1-2H3,(H,24,27). The Bertz CT molecular complexity index is 1360. The second-order valence-electron chi connectivity index (χ2n) is 7.29. The number of nitrogens with one attached hydrogen (secondary N) is 2. The second-order valence-corrected chi connectivity index (χ2v) is 11.2. The molecule has 0 atom stereocenters. The number of amides is 1. The third kappa shape index (κ3) is 5.48. The van der Waals surface area contributed by atoms with Crippen molar-refractivity contribution >= 4 is 60.6 Å². The van der Waals surface area contributed by atoms with Crippen molar-refractivity contribution in [2.24, 2.45) is 0 Å². The summed E-state index contributed by atoms with van der Waals surface area (Å²) in [5, 5.41) is 2.92. The average Bonchev–Trinajstić information content (AvgIpc) is 3.14. The second kappa shape index (κ2) is 9.32. The fraction of sp³-hybridized carbons (Fsp3) is 0.130. The van der Waals surface area contributed by atoms with Crippen molar-refractivity contribution in [1.29, 1.82) is 0 Å². The highest BCUT2D eigenvalue weighted by Crippen LogP contribution is 2.32. The van der Waals surface area contributed by atoms with Gasteiger partial charge in [-0.2, -0.15) is 0 Å². The summed E-state index contributed by atoms with van der Waals surface area (Å²) in [6.07, 6.45) is 0. The van der Waals surface area contributed by atoms with Crippen molar-refractivity contribution in [3.8, 4) is 0 Å². The van der Waals surface area contributed by atoms with Crippen molar-refractivity contribution in [2.75, 3.05) is 15.8 Å². The van der Waals surface area contributed by atoms with Crippen LogP contribution in [0.5, 0.6) is 0 Å². The van der Waals surface area contributed by atoms with Gasteiger partial charge in [-0.1, -0.05) is 36.0 Å². The number of hydrogen-bond acceptors (Lipinski definition) is 6. The molecule has 0 unspecified atom stereocenters. The molecule has 0 fully saturated rings. The smallest absolute Gasteiger partial charge is 0.261 e. The van der Waals surface area contributed by atoms with Gasteiger partial charge in [-0.05, 0) is 67.4 Å². The molecule has 32 heavy (non-hydrogen) atoms. The number of fused-ring (bicyclic) bond motifs is 1. The van der Waals surface area contributed by atoms with Gasteiger partial charge in [0.25, 0.3) is 10.0 Å². The van der Waals surface area contributed by atoms with E-state index in [1.165, 1.54) is 23.1 Å². The number of benzene rings is 3.